The molecule has 1 aliphatic carbocycles. The van der Waals surface area contributed by atoms with Crippen LogP contribution in [0.15, 0.2) is 54.7 Å². The molecule has 2 atom stereocenters. The van der Waals surface area contributed by atoms with Gasteiger partial charge in [-0.3, -0.25) is 4.90 Å². The van der Waals surface area contributed by atoms with Crippen LogP contribution < -0.4 is 10.1 Å². The zero-order valence-corrected chi connectivity index (χ0v) is 17.6. The zero-order chi connectivity index (χ0) is 21.1. The van der Waals surface area contributed by atoms with Gasteiger partial charge in [0.2, 0.25) is 0 Å². The number of nitrogens with one attached hydrogen (secondary N) is 1. The minimum atomic E-state index is -0.992. The normalized spacial score (nSPS) is 19.8. The van der Waals surface area contributed by atoms with Crippen molar-refractivity contribution >= 4 is 0 Å². The van der Waals surface area contributed by atoms with Gasteiger partial charge in [-0.15, -0.1) is 0 Å². The van der Waals surface area contributed by atoms with E-state index in [1.165, 1.54) is 12.8 Å². The summed E-state index contributed by atoms with van der Waals surface area (Å²) in [4.78, 5) is 2.15. The van der Waals surface area contributed by atoms with E-state index in [0.717, 1.165) is 41.2 Å². The first-order valence-corrected chi connectivity index (χ1v) is 10.8. The summed E-state index contributed by atoms with van der Waals surface area (Å²) >= 11 is 0. The minimum absolute atomic E-state index is 0.399. The summed E-state index contributed by atoms with van der Waals surface area (Å²) in [6, 6.07) is 14.2. The number of aliphatic hydroxyl groups excluding tert-OH is 1. The van der Waals surface area contributed by atoms with Crippen molar-refractivity contribution in [3.05, 3.63) is 77.0 Å². The van der Waals surface area contributed by atoms with Crippen molar-refractivity contribution in [3.63, 3.8) is 0 Å². The Balaban J connectivity index is 1.33. The van der Waals surface area contributed by atoms with Crippen LogP contribution in [0.4, 0.5) is 4.39 Å². The van der Waals surface area contributed by atoms with E-state index in [2.05, 4.69) is 41.1 Å². The molecule has 1 saturated carbocycles. The highest BCUT2D eigenvalue weighted by Gasteiger charge is 2.26. The van der Waals surface area contributed by atoms with Crippen molar-refractivity contribution in [2.45, 2.75) is 51.7 Å². The Kier molecular flexibility index (Phi) is 6.40. The minimum Gasteiger partial charge on any atom is -0.493 e. The summed E-state index contributed by atoms with van der Waals surface area (Å²) < 4.78 is 20.7. The predicted octanol–water partition coefficient (Wildman–Crippen LogP) is 4.49. The molecule has 1 heterocycles. The fraction of sp³-hybridized carbons (Fsp3) is 0.440. The van der Waals surface area contributed by atoms with E-state index in [4.69, 9.17) is 4.74 Å². The molecule has 0 amide bonds. The molecule has 2 aliphatic rings. The van der Waals surface area contributed by atoms with Gasteiger partial charge < -0.3 is 15.2 Å². The molecule has 0 spiro atoms. The largest absolute Gasteiger partial charge is 0.493 e. The van der Waals surface area contributed by atoms with Gasteiger partial charge in [0.15, 0.2) is 0 Å². The van der Waals surface area contributed by atoms with Crippen molar-refractivity contribution in [2.75, 3.05) is 13.2 Å². The second kappa shape index (κ2) is 9.19. The van der Waals surface area contributed by atoms with Gasteiger partial charge in [-0.25, -0.2) is 4.39 Å². The van der Waals surface area contributed by atoms with E-state index >= 15 is 0 Å². The molecule has 2 aromatic carbocycles. The number of nitrogens with zero attached hydrogens (tertiary/aromatic N) is 1. The van der Waals surface area contributed by atoms with Gasteiger partial charge in [0.25, 0.3) is 0 Å². The number of aliphatic hydroxyl groups is 1. The molecular weight excluding hydrogens is 379 g/mol. The summed E-state index contributed by atoms with van der Waals surface area (Å²) in [5.74, 6) is 1.48. The standard InChI is InChI=1S/C25H31FN2O2/c1-17(18(2)29)27-12-19-3-5-20(6-4-19)13-28-14-22-9-10-23(30-16-21-7-8-21)11-24(22)25(26)15-28/h3-6,9-11,18,21,25,27,29H,1,7-8,12-16H2,2H3. The maximum atomic E-state index is 14.9. The quantitative estimate of drug-likeness (QED) is 0.640. The van der Waals surface area contributed by atoms with Crippen LogP contribution in [0.3, 0.4) is 0 Å². The van der Waals surface area contributed by atoms with Crippen LogP contribution in [0.1, 0.15) is 48.2 Å². The van der Waals surface area contributed by atoms with Crippen molar-refractivity contribution in [2.24, 2.45) is 5.92 Å². The van der Waals surface area contributed by atoms with Crippen molar-refractivity contribution < 1.29 is 14.2 Å². The van der Waals surface area contributed by atoms with Gasteiger partial charge in [0, 0.05) is 31.9 Å². The van der Waals surface area contributed by atoms with E-state index < -0.39 is 12.3 Å². The second-order valence-electron chi connectivity index (χ2n) is 8.62. The summed E-state index contributed by atoms with van der Waals surface area (Å²) in [5.41, 5.74) is 4.71. The molecule has 160 valence electrons. The summed E-state index contributed by atoms with van der Waals surface area (Å²) in [6.45, 7) is 8.73. The SMILES string of the molecule is C=C(NCc1ccc(CN2Cc3ccc(OCC4CC4)cc3C(F)C2)cc1)C(C)O. The number of halogens is 1. The number of benzene rings is 2. The smallest absolute Gasteiger partial charge is 0.138 e. The molecule has 1 aliphatic heterocycles. The summed E-state index contributed by atoms with van der Waals surface area (Å²) in [5, 5.41) is 12.6. The number of hydrogen-bond acceptors (Lipinski definition) is 4. The van der Waals surface area contributed by atoms with Crippen molar-refractivity contribution in [1.82, 2.24) is 10.2 Å². The van der Waals surface area contributed by atoms with Crippen LogP contribution in [0.5, 0.6) is 5.75 Å². The van der Waals surface area contributed by atoms with Crippen molar-refractivity contribution in [3.8, 4) is 5.75 Å². The summed E-state index contributed by atoms with van der Waals surface area (Å²) in [7, 11) is 0. The molecule has 4 rings (SSSR count). The Morgan fingerprint density at radius 1 is 1.23 bits per heavy atom. The molecule has 5 heteroatoms. The number of ether oxygens (including phenoxy) is 1. The van der Waals surface area contributed by atoms with Crippen LogP contribution in [0.25, 0.3) is 0 Å². The number of fused-ring (bicyclic) bond motifs is 1. The number of alkyl halides is 1. The van der Waals surface area contributed by atoms with Gasteiger partial charge in [0.05, 0.1) is 12.7 Å². The topological polar surface area (TPSA) is 44.7 Å². The monoisotopic (exact) mass is 410 g/mol. The molecule has 2 aromatic rings. The molecule has 2 N–H and O–H groups in total. The average molecular weight is 411 g/mol. The highest BCUT2D eigenvalue weighted by Crippen LogP contribution is 2.34. The average Bonchev–Trinajstić information content (AvgIpc) is 3.56. The lowest BCUT2D eigenvalue weighted by Crippen LogP contribution is -2.31. The lowest BCUT2D eigenvalue weighted by atomic mass is 9.97. The maximum absolute atomic E-state index is 14.9. The molecule has 30 heavy (non-hydrogen) atoms. The Bertz CT molecular complexity index is 877. The fourth-order valence-electron chi connectivity index (χ4n) is 3.73. The van der Waals surface area contributed by atoms with Crippen LogP contribution in [-0.4, -0.2) is 29.3 Å². The van der Waals surface area contributed by atoms with E-state index in [1.54, 1.807) is 6.92 Å². The van der Waals surface area contributed by atoms with Gasteiger partial charge in [-0.05, 0) is 60.1 Å². The Labute approximate surface area is 178 Å². The van der Waals surface area contributed by atoms with Gasteiger partial charge in [0.1, 0.15) is 11.9 Å². The number of hydrogen-bond donors (Lipinski definition) is 2. The first-order chi connectivity index (χ1) is 14.5. The fourth-order valence-corrected chi connectivity index (χ4v) is 3.73. The number of rotatable bonds is 9. The van der Waals surface area contributed by atoms with Crippen LogP contribution in [0, 0.1) is 5.92 Å². The third-order valence-corrected chi connectivity index (χ3v) is 5.90. The molecule has 0 radical (unpaired) electrons. The third-order valence-electron chi connectivity index (χ3n) is 5.90. The molecular formula is C25H31FN2O2. The Morgan fingerprint density at radius 3 is 2.67 bits per heavy atom. The highest BCUT2D eigenvalue weighted by atomic mass is 19.1. The van der Waals surface area contributed by atoms with Crippen LogP contribution in [-0.2, 0) is 19.6 Å². The van der Waals surface area contributed by atoms with Crippen molar-refractivity contribution in [1.29, 1.82) is 0 Å². The Morgan fingerprint density at radius 2 is 1.97 bits per heavy atom. The molecule has 0 aromatic heterocycles. The maximum Gasteiger partial charge on any atom is 0.138 e. The zero-order valence-electron chi connectivity index (χ0n) is 17.6. The van der Waals surface area contributed by atoms with Gasteiger partial charge >= 0.3 is 0 Å². The van der Waals surface area contributed by atoms with E-state index in [0.29, 0.717) is 31.2 Å². The van der Waals surface area contributed by atoms with Crippen LogP contribution in [0.2, 0.25) is 0 Å². The van der Waals surface area contributed by atoms with E-state index in [1.807, 2.05) is 18.2 Å². The predicted molar refractivity (Wildman–Crippen MR) is 117 cm³/mol. The molecule has 2 unspecified atom stereocenters. The van der Waals surface area contributed by atoms with Gasteiger partial charge in [-0.2, -0.15) is 0 Å². The third kappa shape index (κ3) is 5.41. The molecule has 0 bridgehead atoms. The van der Waals surface area contributed by atoms with Gasteiger partial charge in [-0.1, -0.05) is 36.9 Å². The highest BCUT2D eigenvalue weighted by molar-refractivity contribution is 5.39. The Hall–Kier alpha value is -2.37. The summed E-state index contributed by atoms with van der Waals surface area (Å²) in [6.07, 6.45) is 0.939. The van der Waals surface area contributed by atoms with E-state index in [9.17, 15) is 9.50 Å². The lowest BCUT2D eigenvalue weighted by Gasteiger charge is -2.31. The molecule has 4 nitrogen and oxygen atoms in total. The lowest BCUT2D eigenvalue weighted by molar-refractivity contribution is 0.158. The molecule has 0 saturated heterocycles. The second-order valence-corrected chi connectivity index (χ2v) is 8.62. The first-order valence-electron chi connectivity index (χ1n) is 10.8. The van der Waals surface area contributed by atoms with E-state index in [-0.39, 0.29) is 0 Å². The first kappa shape index (κ1) is 20.9. The van der Waals surface area contributed by atoms with Crippen LogP contribution >= 0.6 is 0 Å². The molecule has 1 fully saturated rings.